The second-order valence-corrected chi connectivity index (χ2v) is 3.12. The molecular formula is C9H10ClNO. The van der Waals surface area contributed by atoms with Gasteiger partial charge in [-0.05, 0) is 37.1 Å². The Morgan fingerprint density at radius 1 is 1.33 bits per heavy atom. The van der Waals surface area contributed by atoms with E-state index in [4.69, 9.17) is 17.3 Å². The van der Waals surface area contributed by atoms with E-state index in [2.05, 4.69) is 0 Å². The van der Waals surface area contributed by atoms with Crippen molar-refractivity contribution in [3.63, 3.8) is 0 Å². The van der Waals surface area contributed by atoms with Gasteiger partial charge in [-0.3, -0.25) is 4.79 Å². The molecule has 0 aromatic heterocycles. The Morgan fingerprint density at radius 2 is 1.92 bits per heavy atom. The van der Waals surface area contributed by atoms with Crippen LogP contribution in [0.15, 0.2) is 12.1 Å². The predicted octanol–water partition coefficient (Wildman–Crippen LogP) is 2.06. The van der Waals surface area contributed by atoms with Crippen molar-refractivity contribution in [3.8, 4) is 0 Å². The summed E-state index contributed by atoms with van der Waals surface area (Å²) in [5.41, 5.74) is 7.46. The Kier molecular flexibility index (Phi) is 2.38. The zero-order valence-corrected chi connectivity index (χ0v) is 7.77. The predicted molar refractivity (Wildman–Crippen MR) is 49.4 cm³/mol. The molecule has 0 atom stereocenters. The summed E-state index contributed by atoms with van der Waals surface area (Å²) in [7, 11) is 0. The molecule has 0 aliphatic carbocycles. The Balaban J connectivity index is 3.36. The zero-order chi connectivity index (χ0) is 9.30. The van der Waals surface area contributed by atoms with Gasteiger partial charge in [0.05, 0.1) is 0 Å². The van der Waals surface area contributed by atoms with Crippen molar-refractivity contribution in [1.29, 1.82) is 0 Å². The van der Waals surface area contributed by atoms with Gasteiger partial charge in [0.1, 0.15) is 0 Å². The van der Waals surface area contributed by atoms with Crippen LogP contribution in [-0.4, -0.2) is 5.91 Å². The molecule has 0 fully saturated rings. The third kappa shape index (κ3) is 1.43. The summed E-state index contributed by atoms with van der Waals surface area (Å²) in [6, 6.07) is 3.33. The smallest absolute Gasteiger partial charge is 0.248 e. The van der Waals surface area contributed by atoms with Gasteiger partial charge in [0.15, 0.2) is 0 Å². The maximum atomic E-state index is 10.9. The van der Waals surface area contributed by atoms with Gasteiger partial charge in [-0.15, -0.1) is 0 Å². The highest BCUT2D eigenvalue weighted by Gasteiger charge is 2.08. The van der Waals surface area contributed by atoms with Crippen LogP contribution in [0.1, 0.15) is 21.5 Å². The summed E-state index contributed by atoms with van der Waals surface area (Å²) >= 11 is 5.84. The lowest BCUT2D eigenvalue weighted by Crippen LogP contribution is -2.13. The molecule has 1 aromatic rings. The summed E-state index contributed by atoms with van der Waals surface area (Å²) in [5, 5.41) is 0.664. The summed E-state index contributed by atoms with van der Waals surface area (Å²) in [4.78, 5) is 10.9. The first kappa shape index (κ1) is 9.07. The topological polar surface area (TPSA) is 43.1 Å². The van der Waals surface area contributed by atoms with Crippen molar-refractivity contribution < 1.29 is 4.79 Å². The number of benzene rings is 1. The molecule has 0 saturated heterocycles. The van der Waals surface area contributed by atoms with Crippen LogP contribution in [0.3, 0.4) is 0 Å². The lowest BCUT2D eigenvalue weighted by molar-refractivity contribution is 0.0999. The molecule has 0 aliphatic heterocycles. The third-order valence-electron chi connectivity index (χ3n) is 1.99. The number of nitrogens with two attached hydrogens (primary N) is 1. The van der Waals surface area contributed by atoms with Crippen LogP contribution in [0.4, 0.5) is 0 Å². The molecule has 0 spiro atoms. The Morgan fingerprint density at radius 3 is 2.42 bits per heavy atom. The van der Waals surface area contributed by atoms with Gasteiger partial charge in [-0.2, -0.15) is 0 Å². The molecule has 0 bridgehead atoms. The fraction of sp³-hybridized carbons (Fsp3) is 0.222. The molecule has 0 aliphatic rings. The van der Waals surface area contributed by atoms with Crippen molar-refractivity contribution >= 4 is 17.5 Å². The zero-order valence-electron chi connectivity index (χ0n) is 7.02. The highest BCUT2D eigenvalue weighted by Crippen LogP contribution is 2.21. The Labute approximate surface area is 76.3 Å². The van der Waals surface area contributed by atoms with E-state index >= 15 is 0 Å². The molecule has 1 aromatic carbocycles. The summed E-state index contributed by atoms with van der Waals surface area (Å²) in [6.45, 7) is 3.70. The number of primary amides is 1. The van der Waals surface area contributed by atoms with Gasteiger partial charge >= 0.3 is 0 Å². The van der Waals surface area contributed by atoms with Crippen molar-refractivity contribution in [2.45, 2.75) is 13.8 Å². The van der Waals surface area contributed by atoms with Crippen molar-refractivity contribution in [2.24, 2.45) is 5.73 Å². The highest BCUT2D eigenvalue weighted by atomic mass is 35.5. The third-order valence-corrected chi connectivity index (χ3v) is 2.40. The van der Waals surface area contributed by atoms with E-state index in [0.717, 1.165) is 11.1 Å². The molecule has 0 radical (unpaired) electrons. The molecule has 64 valence electrons. The van der Waals surface area contributed by atoms with E-state index in [-0.39, 0.29) is 0 Å². The molecular weight excluding hydrogens is 174 g/mol. The maximum Gasteiger partial charge on any atom is 0.248 e. The second kappa shape index (κ2) is 3.15. The summed E-state index contributed by atoms with van der Waals surface area (Å²) in [5.74, 6) is -0.410. The monoisotopic (exact) mass is 183 g/mol. The van der Waals surface area contributed by atoms with Crippen LogP contribution in [0.25, 0.3) is 0 Å². The van der Waals surface area contributed by atoms with Crippen LogP contribution in [0, 0.1) is 13.8 Å². The normalized spacial score (nSPS) is 9.92. The highest BCUT2D eigenvalue weighted by molar-refractivity contribution is 6.31. The number of rotatable bonds is 1. The van der Waals surface area contributed by atoms with Gasteiger partial charge in [0.2, 0.25) is 5.91 Å². The maximum absolute atomic E-state index is 10.9. The van der Waals surface area contributed by atoms with Crippen molar-refractivity contribution in [1.82, 2.24) is 0 Å². The molecule has 0 saturated carbocycles. The lowest BCUT2D eigenvalue weighted by Gasteiger charge is -2.06. The second-order valence-electron chi connectivity index (χ2n) is 2.71. The van der Waals surface area contributed by atoms with Crippen LogP contribution < -0.4 is 5.73 Å². The molecule has 1 amide bonds. The first-order valence-electron chi connectivity index (χ1n) is 3.59. The molecule has 3 heteroatoms. The molecule has 1 rings (SSSR count). The molecule has 2 N–H and O–H groups in total. The van der Waals surface area contributed by atoms with Crippen LogP contribution >= 0.6 is 11.6 Å². The van der Waals surface area contributed by atoms with Crippen LogP contribution in [0.2, 0.25) is 5.02 Å². The lowest BCUT2D eigenvalue weighted by atomic mass is 10.0. The average Bonchev–Trinajstić information content (AvgIpc) is 2.00. The van der Waals surface area contributed by atoms with Crippen molar-refractivity contribution in [2.75, 3.05) is 0 Å². The van der Waals surface area contributed by atoms with Crippen LogP contribution in [0.5, 0.6) is 0 Å². The number of carbonyl (C=O) groups excluding carboxylic acids is 1. The largest absolute Gasteiger partial charge is 0.366 e. The van der Waals surface area contributed by atoms with Gasteiger partial charge in [0.25, 0.3) is 0 Å². The summed E-state index contributed by atoms with van der Waals surface area (Å²) in [6.07, 6.45) is 0. The first-order chi connectivity index (χ1) is 5.54. The fourth-order valence-corrected chi connectivity index (χ4v) is 1.26. The fourth-order valence-electron chi connectivity index (χ4n) is 1.05. The first-order valence-corrected chi connectivity index (χ1v) is 3.97. The minimum absolute atomic E-state index is 0.410. The molecule has 0 heterocycles. The SMILES string of the molecule is Cc1c(Cl)ccc(C(N)=O)c1C. The Bertz CT molecular complexity index is 334. The van der Waals surface area contributed by atoms with E-state index in [1.54, 1.807) is 12.1 Å². The van der Waals surface area contributed by atoms with Gasteiger partial charge in [-0.25, -0.2) is 0 Å². The number of hydrogen-bond donors (Lipinski definition) is 1. The minimum Gasteiger partial charge on any atom is -0.366 e. The van der Waals surface area contributed by atoms with Gasteiger partial charge in [0, 0.05) is 10.6 Å². The molecule has 12 heavy (non-hydrogen) atoms. The van der Waals surface area contributed by atoms with Crippen molar-refractivity contribution in [3.05, 3.63) is 33.8 Å². The van der Waals surface area contributed by atoms with E-state index < -0.39 is 5.91 Å². The standard InChI is InChI=1S/C9H10ClNO/c1-5-6(2)8(10)4-3-7(5)9(11)12/h3-4H,1-2H3,(H2,11,12). The number of hydrogen-bond acceptors (Lipinski definition) is 1. The van der Waals surface area contributed by atoms with E-state index in [1.165, 1.54) is 0 Å². The van der Waals surface area contributed by atoms with Gasteiger partial charge in [-0.1, -0.05) is 11.6 Å². The number of amides is 1. The average molecular weight is 184 g/mol. The number of carbonyl (C=O) groups is 1. The summed E-state index contributed by atoms with van der Waals surface area (Å²) < 4.78 is 0. The number of halogens is 1. The van der Waals surface area contributed by atoms with E-state index in [1.807, 2.05) is 13.8 Å². The quantitative estimate of drug-likeness (QED) is 0.712. The van der Waals surface area contributed by atoms with Crippen LogP contribution in [-0.2, 0) is 0 Å². The van der Waals surface area contributed by atoms with E-state index in [9.17, 15) is 4.79 Å². The molecule has 0 unspecified atom stereocenters. The Hall–Kier alpha value is -1.02. The minimum atomic E-state index is -0.410. The van der Waals surface area contributed by atoms with E-state index in [0.29, 0.717) is 10.6 Å². The molecule has 2 nitrogen and oxygen atoms in total. The van der Waals surface area contributed by atoms with Gasteiger partial charge < -0.3 is 5.73 Å².